The predicted molar refractivity (Wildman–Crippen MR) is 92.4 cm³/mol. The highest BCUT2D eigenvalue weighted by atomic mass is 16.3. The maximum Gasteiger partial charge on any atom is 0.269 e. The lowest BCUT2D eigenvalue weighted by molar-refractivity contribution is -0.124. The minimum atomic E-state index is -0.431. The molecule has 0 unspecified atom stereocenters. The molecule has 2 amide bonds. The summed E-state index contributed by atoms with van der Waals surface area (Å²) in [6, 6.07) is 15.3. The van der Waals surface area contributed by atoms with Crippen molar-refractivity contribution >= 4 is 11.8 Å². The largest absolute Gasteiger partial charge is 0.508 e. The Morgan fingerprint density at radius 3 is 2.21 bits per heavy atom. The van der Waals surface area contributed by atoms with Crippen molar-refractivity contribution in [3.8, 4) is 5.75 Å². The van der Waals surface area contributed by atoms with Crippen LogP contribution >= 0.6 is 0 Å². The van der Waals surface area contributed by atoms with E-state index in [1.165, 1.54) is 24.3 Å². The van der Waals surface area contributed by atoms with E-state index < -0.39 is 5.91 Å². The fraction of sp³-hybridized carbons (Fsp3) is 0.263. The number of rotatable bonds is 5. The summed E-state index contributed by atoms with van der Waals surface area (Å²) >= 11 is 0. The molecule has 0 radical (unpaired) electrons. The number of nitrogens with one attached hydrogen (secondary N) is 2. The van der Waals surface area contributed by atoms with Crippen molar-refractivity contribution in [3.05, 3.63) is 65.7 Å². The number of hydrazine groups is 1. The number of hydrogen-bond donors (Lipinski definition) is 3. The molecule has 0 fully saturated rings. The van der Waals surface area contributed by atoms with Crippen molar-refractivity contribution < 1.29 is 14.7 Å². The minimum absolute atomic E-state index is 0.0801. The summed E-state index contributed by atoms with van der Waals surface area (Å²) < 4.78 is 0. The number of hydrogen-bond acceptors (Lipinski definition) is 3. The van der Waals surface area contributed by atoms with Crippen LogP contribution in [0.15, 0.2) is 54.6 Å². The van der Waals surface area contributed by atoms with Gasteiger partial charge in [0.1, 0.15) is 5.75 Å². The van der Waals surface area contributed by atoms with Gasteiger partial charge in [-0.2, -0.15) is 0 Å². The third-order valence-corrected chi connectivity index (χ3v) is 4.08. The first-order valence-electron chi connectivity index (χ1n) is 7.97. The van der Waals surface area contributed by atoms with Gasteiger partial charge in [-0.15, -0.1) is 0 Å². The van der Waals surface area contributed by atoms with E-state index in [1.54, 1.807) is 0 Å². The molecule has 0 aliphatic carbocycles. The molecule has 0 saturated heterocycles. The summed E-state index contributed by atoms with van der Waals surface area (Å²) in [5.74, 6) is -0.798. The average molecular weight is 326 g/mol. The fourth-order valence-corrected chi connectivity index (χ4v) is 2.52. The Bertz CT molecular complexity index is 684. The molecule has 5 heteroatoms. The molecule has 5 nitrogen and oxygen atoms in total. The second kappa shape index (κ2) is 8.15. The van der Waals surface area contributed by atoms with Gasteiger partial charge in [-0.3, -0.25) is 20.4 Å². The van der Waals surface area contributed by atoms with Crippen LogP contribution in [0.25, 0.3) is 0 Å². The number of phenols is 1. The summed E-state index contributed by atoms with van der Waals surface area (Å²) in [6.07, 6.45) is 0.846. The van der Waals surface area contributed by atoms with E-state index in [0.29, 0.717) is 5.56 Å². The molecule has 24 heavy (non-hydrogen) atoms. The Kier molecular flexibility index (Phi) is 5.95. The quantitative estimate of drug-likeness (QED) is 0.739. The summed E-state index contributed by atoms with van der Waals surface area (Å²) in [4.78, 5) is 24.6. The van der Waals surface area contributed by atoms with Crippen LogP contribution in [0, 0.1) is 5.92 Å². The van der Waals surface area contributed by atoms with Gasteiger partial charge in [-0.25, -0.2) is 0 Å². The van der Waals surface area contributed by atoms with Crippen LogP contribution in [0.4, 0.5) is 0 Å². The molecule has 0 saturated carbocycles. The summed E-state index contributed by atoms with van der Waals surface area (Å²) in [5.41, 5.74) is 6.21. The summed E-state index contributed by atoms with van der Waals surface area (Å²) in [5, 5.41) is 9.24. The fourth-order valence-electron chi connectivity index (χ4n) is 2.52. The number of carbonyl (C=O) groups excluding carboxylic acids is 2. The molecule has 2 rings (SSSR count). The second-order valence-corrected chi connectivity index (χ2v) is 5.76. The molecule has 3 N–H and O–H groups in total. The standard InChI is InChI=1S/C19H22N2O3/c1-3-13(2)17(14-7-5-4-6-8-14)19(24)21-20-18(23)15-9-11-16(22)12-10-15/h4-13,17,22H,3H2,1-2H3,(H,20,23)(H,21,24)/t13-,17+/m0/s1. The highest BCUT2D eigenvalue weighted by molar-refractivity contribution is 5.96. The minimum Gasteiger partial charge on any atom is -0.508 e. The van der Waals surface area contributed by atoms with Gasteiger partial charge in [-0.1, -0.05) is 50.6 Å². The van der Waals surface area contributed by atoms with Gasteiger partial charge in [0, 0.05) is 5.56 Å². The lowest BCUT2D eigenvalue weighted by Gasteiger charge is -2.22. The van der Waals surface area contributed by atoms with Crippen molar-refractivity contribution in [1.29, 1.82) is 0 Å². The topological polar surface area (TPSA) is 78.4 Å². The number of benzene rings is 2. The van der Waals surface area contributed by atoms with Crippen LogP contribution in [0.3, 0.4) is 0 Å². The number of carbonyl (C=O) groups is 2. The van der Waals surface area contributed by atoms with E-state index in [9.17, 15) is 14.7 Å². The Labute approximate surface area is 141 Å². The average Bonchev–Trinajstić information content (AvgIpc) is 2.61. The van der Waals surface area contributed by atoms with Crippen LogP contribution < -0.4 is 10.9 Å². The Morgan fingerprint density at radius 2 is 1.62 bits per heavy atom. The number of aromatic hydroxyl groups is 1. The second-order valence-electron chi connectivity index (χ2n) is 5.76. The predicted octanol–water partition coefficient (Wildman–Crippen LogP) is 2.98. The van der Waals surface area contributed by atoms with E-state index in [0.717, 1.165) is 12.0 Å². The molecule has 0 spiro atoms. The molecule has 0 bridgehead atoms. The number of amides is 2. The van der Waals surface area contributed by atoms with Gasteiger partial charge < -0.3 is 5.11 Å². The van der Waals surface area contributed by atoms with Crippen LogP contribution in [-0.2, 0) is 4.79 Å². The molecular weight excluding hydrogens is 304 g/mol. The van der Waals surface area contributed by atoms with Crippen molar-refractivity contribution in [2.45, 2.75) is 26.2 Å². The maximum atomic E-state index is 12.6. The van der Waals surface area contributed by atoms with Crippen LogP contribution in [-0.4, -0.2) is 16.9 Å². The van der Waals surface area contributed by atoms with Gasteiger partial charge in [0.2, 0.25) is 5.91 Å². The normalized spacial score (nSPS) is 12.9. The smallest absolute Gasteiger partial charge is 0.269 e. The molecule has 2 atom stereocenters. The zero-order chi connectivity index (χ0) is 17.5. The van der Waals surface area contributed by atoms with Crippen LogP contribution in [0.2, 0.25) is 0 Å². The molecule has 0 aliphatic heterocycles. The van der Waals surface area contributed by atoms with Gasteiger partial charge in [0.05, 0.1) is 5.92 Å². The van der Waals surface area contributed by atoms with Crippen molar-refractivity contribution in [1.82, 2.24) is 10.9 Å². The molecule has 2 aromatic carbocycles. The zero-order valence-corrected chi connectivity index (χ0v) is 13.8. The SMILES string of the molecule is CC[C@H](C)[C@@H](C(=O)NNC(=O)c1ccc(O)cc1)c1ccccc1. The third-order valence-electron chi connectivity index (χ3n) is 4.08. The van der Waals surface area contributed by atoms with Crippen molar-refractivity contribution in [2.75, 3.05) is 0 Å². The highest BCUT2D eigenvalue weighted by Crippen LogP contribution is 2.26. The molecule has 0 aromatic heterocycles. The summed E-state index contributed by atoms with van der Waals surface area (Å²) in [7, 11) is 0. The Hall–Kier alpha value is -2.82. The van der Waals surface area contributed by atoms with Gasteiger partial charge in [0.15, 0.2) is 0 Å². The lowest BCUT2D eigenvalue weighted by Crippen LogP contribution is -2.45. The molecular formula is C19H22N2O3. The monoisotopic (exact) mass is 326 g/mol. The van der Waals surface area contributed by atoms with E-state index >= 15 is 0 Å². The molecule has 0 heterocycles. The van der Waals surface area contributed by atoms with E-state index in [4.69, 9.17) is 0 Å². The summed E-state index contributed by atoms with van der Waals surface area (Å²) in [6.45, 7) is 4.04. The van der Waals surface area contributed by atoms with Gasteiger partial charge >= 0.3 is 0 Å². The van der Waals surface area contributed by atoms with Gasteiger partial charge in [-0.05, 0) is 35.7 Å². The zero-order valence-electron chi connectivity index (χ0n) is 13.8. The lowest BCUT2D eigenvalue weighted by atomic mass is 9.85. The van der Waals surface area contributed by atoms with Crippen molar-refractivity contribution in [2.24, 2.45) is 5.92 Å². The Balaban J connectivity index is 2.05. The van der Waals surface area contributed by atoms with Crippen molar-refractivity contribution in [3.63, 3.8) is 0 Å². The van der Waals surface area contributed by atoms with Gasteiger partial charge in [0.25, 0.3) is 5.91 Å². The Morgan fingerprint density at radius 1 is 1.00 bits per heavy atom. The highest BCUT2D eigenvalue weighted by Gasteiger charge is 2.26. The van der Waals surface area contributed by atoms with Crippen LogP contribution in [0.5, 0.6) is 5.75 Å². The molecule has 126 valence electrons. The van der Waals surface area contributed by atoms with E-state index in [1.807, 2.05) is 44.2 Å². The first-order valence-corrected chi connectivity index (χ1v) is 7.97. The maximum absolute atomic E-state index is 12.6. The van der Waals surface area contributed by atoms with Crippen LogP contribution in [0.1, 0.15) is 42.1 Å². The molecule has 0 aliphatic rings. The first-order chi connectivity index (χ1) is 11.5. The van der Waals surface area contributed by atoms with E-state index in [2.05, 4.69) is 10.9 Å². The first kappa shape index (κ1) is 17.5. The number of phenolic OH excluding ortho intramolecular Hbond substituents is 1. The molecule has 2 aromatic rings. The third kappa shape index (κ3) is 4.35. The van der Waals surface area contributed by atoms with E-state index in [-0.39, 0.29) is 23.5 Å².